The maximum Gasteiger partial charge on any atom is 0.0700 e. The first kappa shape index (κ1) is 15.9. The Balaban J connectivity index is 2.11. The average Bonchev–Trinajstić information content (AvgIpc) is 2.76. The summed E-state index contributed by atoms with van der Waals surface area (Å²) < 4.78 is 10.4. The first-order valence-corrected chi connectivity index (χ1v) is 7.46. The maximum atomic E-state index is 5.47. The smallest absolute Gasteiger partial charge is 0.0700 e. The Hall–Kier alpha value is -0.120. The molecule has 0 radical (unpaired) electrons. The topological polar surface area (TPSA) is 30.5 Å². The van der Waals surface area contributed by atoms with Crippen LogP contribution in [0, 0.1) is 11.3 Å². The van der Waals surface area contributed by atoms with Crippen LogP contribution in [-0.4, -0.2) is 40.0 Å². The van der Waals surface area contributed by atoms with Crippen molar-refractivity contribution in [2.45, 2.75) is 46.0 Å². The highest BCUT2D eigenvalue weighted by Crippen LogP contribution is 2.42. The van der Waals surface area contributed by atoms with Crippen molar-refractivity contribution < 1.29 is 9.47 Å². The van der Waals surface area contributed by atoms with Gasteiger partial charge in [0.05, 0.1) is 19.8 Å². The average molecular weight is 257 g/mol. The van der Waals surface area contributed by atoms with E-state index in [0.29, 0.717) is 18.6 Å². The van der Waals surface area contributed by atoms with Gasteiger partial charge in [-0.3, -0.25) is 0 Å². The molecule has 0 unspecified atom stereocenters. The molecule has 1 saturated carbocycles. The number of nitrogens with one attached hydrogen (secondary N) is 1. The van der Waals surface area contributed by atoms with Crippen molar-refractivity contribution in [3.8, 4) is 0 Å². The first-order chi connectivity index (χ1) is 8.68. The molecule has 0 bridgehead atoms. The number of methoxy groups -OCH3 is 1. The molecule has 0 saturated heterocycles. The number of hydrogen-bond acceptors (Lipinski definition) is 3. The summed E-state index contributed by atoms with van der Waals surface area (Å²) in [5.74, 6) is 0.808. The second-order valence-corrected chi connectivity index (χ2v) is 6.09. The zero-order chi connectivity index (χ0) is 13.3. The van der Waals surface area contributed by atoms with Crippen LogP contribution in [0.3, 0.4) is 0 Å². The summed E-state index contributed by atoms with van der Waals surface area (Å²) in [5.41, 5.74) is 0.570. The summed E-state index contributed by atoms with van der Waals surface area (Å²) in [6.45, 7) is 9.00. The van der Waals surface area contributed by atoms with E-state index in [9.17, 15) is 0 Å². The molecule has 0 amide bonds. The van der Waals surface area contributed by atoms with Crippen LogP contribution in [0.2, 0.25) is 0 Å². The van der Waals surface area contributed by atoms with Crippen molar-refractivity contribution in [1.29, 1.82) is 0 Å². The molecule has 0 atom stereocenters. The molecule has 108 valence electrons. The van der Waals surface area contributed by atoms with Gasteiger partial charge in [0.2, 0.25) is 0 Å². The largest absolute Gasteiger partial charge is 0.382 e. The van der Waals surface area contributed by atoms with E-state index >= 15 is 0 Å². The summed E-state index contributed by atoms with van der Waals surface area (Å²) in [6.07, 6.45) is 7.01. The van der Waals surface area contributed by atoms with Gasteiger partial charge < -0.3 is 14.8 Å². The van der Waals surface area contributed by atoms with Gasteiger partial charge in [0, 0.05) is 20.2 Å². The number of rotatable bonds is 10. The molecule has 3 nitrogen and oxygen atoms in total. The summed E-state index contributed by atoms with van der Waals surface area (Å²) in [7, 11) is 1.71. The number of hydrogen-bond donors (Lipinski definition) is 1. The minimum Gasteiger partial charge on any atom is -0.382 e. The van der Waals surface area contributed by atoms with E-state index in [1.54, 1.807) is 7.11 Å². The fraction of sp³-hybridized carbons (Fsp3) is 1.00. The normalized spacial score (nSPS) is 18.7. The van der Waals surface area contributed by atoms with Gasteiger partial charge in [0.15, 0.2) is 0 Å². The highest BCUT2D eigenvalue weighted by molar-refractivity contribution is 4.87. The molecule has 0 aromatic heterocycles. The van der Waals surface area contributed by atoms with Gasteiger partial charge in [-0.25, -0.2) is 0 Å². The number of ether oxygens (including phenoxy) is 2. The highest BCUT2D eigenvalue weighted by atomic mass is 16.5. The van der Waals surface area contributed by atoms with E-state index in [1.807, 2.05) is 0 Å². The maximum absolute atomic E-state index is 5.47. The van der Waals surface area contributed by atoms with Crippen molar-refractivity contribution in [2.75, 3.05) is 40.0 Å². The van der Waals surface area contributed by atoms with Crippen LogP contribution < -0.4 is 5.32 Å². The van der Waals surface area contributed by atoms with E-state index in [1.165, 1.54) is 38.6 Å². The third-order valence-electron chi connectivity index (χ3n) is 3.86. The Kier molecular flexibility index (Phi) is 7.87. The third-order valence-corrected chi connectivity index (χ3v) is 3.86. The predicted molar refractivity (Wildman–Crippen MR) is 75.9 cm³/mol. The molecule has 1 aliphatic rings. The Morgan fingerprint density at radius 3 is 2.44 bits per heavy atom. The lowest BCUT2D eigenvalue weighted by atomic mass is 9.78. The van der Waals surface area contributed by atoms with Crippen LogP contribution in [0.1, 0.15) is 46.0 Å². The Morgan fingerprint density at radius 2 is 1.83 bits per heavy atom. The minimum atomic E-state index is 0.570. The van der Waals surface area contributed by atoms with Gasteiger partial charge in [0.25, 0.3) is 0 Å². The van der Waals surface area contributed by atoms with Gasteiger partial charge in [0.1, 0.15) is 0 Å². The molecule has 1 N–H and O–H groups in total. The fourth-order valence-corrected chi connectivity index (χ4v) is 3.19. The third kappa shape index (κ3) is 6.17. The molecule has 0 aromatic carbocycles. The molecule has 1 rings (SSSR count). The van der Waals surface area contributed by atoms with Crippen molar-refractivity contribution in [3.05, 3.63) is 0 Å². The van der Waals surface area contributed by atoms with E-state index in [2.05, 4.69) is 19.2 Å². The molecule has 3 heteroatoms. The first-order valence-electron chi connectivity index (χ1n) is 7.46. The molecule has 1 fully saturated rings. The molecular formula is C15H31NO2. The quantitative estimate of drug-likeness (QED) is 0.610. The zero-order valence-electron chi connectivity index (χ0n) is 12.5. The molecule has 18 heavy (non-hydrogen) atoms. The molecule has 0 spiro atoms. The monoisotopic (exact) mass is 257 g/mol. The molecule has 0 aromatic rings. The van der Waals surface area contributed by atoms with Crippen LogP contribution in [0.5, 0.6) is 0 Å². The summed E-state index contributed by atoms with van der Waals surface area (Å²) in [6, 6.07) is 0. The summed E-state index contributed by atoms with van der Waals surface area (Å²) in [5, 5.41) is 3.58. The van der Waals surface area contributed by atoms with E-state index in [0.717, 1.165) is 19.1 Å². The molecule has 0 aliphatic heterocycles. The van der Waals surface area contributed by atoms with E-state index in [-0.39, 0.29) is 0 Å². The molecule has 1 aliphatic carbocycles. The van der Waals surface area contributed by atoms with Crippen LogP contribution >= 0.6 is 0 Å². The second kappa shape index (κ2) is 8.89. The second-order valence-electron chi connectivity index (χ2n) is 6.09. The van der Waals surface area contributed by atoms with Gasteiger partial charge in [-0.1, -0.05) is 26.7 Å². The summed E-state index contributed by atoms with van der Waals surface area (Å²) >= 11 is 0. The lowest BCUT2D eigenvalue weighted by Crippen LogP contribution is -2.35. The zero-order valence-corrected chi connectivity index (χ0v) is 12.5. The summed E-state index contributed by atoms with van der Waals surface area (Å²) in [4.78, 5) is 0. The van der Waals surface area contributed by atoms with E-state index < -0.39 is 0 Å². The van der Waals surface area contributed by atoms with Gasteiger partial charge in [-0.2, -0.15) is 0 Å². The van der Waals surface area contributed by atoms with Crippen LogP contribution in [-0.2, 0) is 9.47 Å². The van der Waals surface area contributed by atoms with Gasteiger partial charge in [-0.15, -0.1) is 0 Å². The van der Waals surface area contributed by atoms with E-state index in [4.69, 9.17) is 9.47 Å². The standard InChI is InChI=1S/C15H31NO2/c1-14(2)12-15(6-4-5-7-15)13-16-8-9-18-11-10-17-3/h14,16H,4-13H2,1-3H3. The Bertz CT molecular complexity index is 201. The van der Waals surface area contributed by atoms with Gasteiger partial charge in [-0.05, 0) is 30.6 Å². The Labute approximate surface area is 113 Å². The van der Waals surface area contributed by atoms with Crippen molar-refractivity contribution in [1.82, 2.24) is 5.32 Å². The highest BCUT2D eigenvalue weighted by Gasteiger charge is 2.33. The van der Waals surface area contributed by atoms with Crippen molar-refractivity contribution in [3.63, 3.8) is 0 Å². The predicted octanol–water partition coefficient (Wildman–Crippen LogP) is 2.85. The molecule has 0 heterocycles. The van der Waals surface area contributed by atoms with Crippen molar-refractivity contribution >= 4 is 0 Å². The SMILES string of the molecule is COCCOCCNCC1(CC(C)C)CCCC1. The molecular weight excluding hydrogens is 226 g/mol. The van der Waals surface area contributed by atoms with Crippen LogP contribution in [0.4, 0.5) is 0 Å². The van der Waals surface area contributed by atoms with Crippen molar-refractivity contribution in [2.24, 2.45) is 11.3 Å². The fourth-order valence-electron chi connectivity index (χ4n) is 3.19. The van der Waals surface area contributed by atoms with Gasteiger partial charge >= 0.3 is 0 Å². The Morgan fingerprint density at radius 1 is 1.11 bits per heavy atom. The lowest BCUT2D eigenvalue weighted by molar-refractivity contribution is 0.0704. The van der Waals surface area contributed by atoms with Crippen LogP contribution in [0.25, 0.3) is 0 Å². The minimum absolute atomic E-state index is 0.570. The lowest BCUT2D eigenvalue weighted by Gasteiger charge is -2.31. The van der Waals surface area contributed by atoms with Crippen LogP contribution in [0.15, 0.2) is 0 Å².